The molecule has 0 aliphatic carbocycles. The smallest absolute Gasteiger partial charge is 0.335 e. The summed E-state index contributed by atoms with van der Waals surface area (Å²) >= 11 is 9.35. The molecule has 0 heterocycles. The van der Waals surface area contributed by atoms with Crippen molar-refractivity contribution < 1.29 is 9.90 Å². The Balaban J connectivity index is 2.28. The molecule has 0 bridgehead atoms. The van der Waals surface area contributed by atoms with Crippen LogP contribution in [0.1, 0.15) is 28.9 Å². The van der Waals surface area contributed by atoms with Gasteiger partial charge in [0.05, 0.1) is 17.3 Å². The molecule has 0 saturated carbocycles. The number of carboxylic acid groups (broad SMARTS) is 1. The van der Waals surface area contributed by atoms with Gasteiger partial charge in [0.25, 0.3) is 0 Å². The number of anilines is 1. The Bertz CT molecular complexity index is 658. The molecule has 0 fully saturated rings. The summed E-state index contributed by atoms with van der Waals surface area (Å²) in [6.45, 7) is 2.08. The molecule has 110 valence electrons. The second-order valence-corrected chi connectivity index (χ2v) is 6.10. The van der Waals surface area contributed by atoms with Gasteiger partial charge in [-0.1, -0.05) is 23.7 Å². The topological polar surface area (TPSA) is 40.5 Å². The van der Waals surface area contributed by atoms with E-state index in [1.54, 1.807) is 18.2 Å². The quantitative estimate of drug-likeness (QED) is 0.825. The van der Waals surface area contributed by atoms with E-state index in [2.05, 4.69) is 27.8 Å². The van der Waals surface area contributed by atoms with Crippen molar-refractivity contribution in [2.75, 3.05) is 11.9 Å². The van der Waals surface area contributed by atoms with Gasteiger partial charge in [0.15, 0.2) is 0 Å². The van der Waals surface area contributed by atoms with Crippen LogP contribution >= 0.6 is 27.5 Å². The van der Waals surface area contributed by atoms with Crippen molar-refractivity contribution >= 4 is 39.2 Å². The number of benzene rings is 2. The lowest BCUT2D eigenvalue weighted by atomic mass is 10.1. The summed E-state index contributed by atoms with van der Waals surface area (Å²) in [4.78, 5) is 13.1. The second kappa shape index (κ2) is 6.50. The van der Waals surface area contributed by atoms with Crippen molar-refractivity contribution in [2.45, 2.75) is 13.0 Å². The van der Waals surface area contributed by atoms with Gasteiger partial charge >= 0.3 is 5.97 Å². The molecule has 1 atom stereocenters. The minimum Gasteiger partial charge on any atom is -0.478 e. The molecule has 21 heavy (non-hydrogen) atoms. The molecule has 0 radical (unpaired) electrons. The standard InChI is InChI=1S/C16H15BrClNO2/c1-10(11-3-6-13(18)7-4-11)19(2)15-8-5-12(16(20)21)9-14(15)17/h3-10H,1-2H3,(H,20,21). The van der Waals surface area contributed by atoms with Crippen LogP contribution in [0.4, 0.5) is 5.69 Å². The molecular formula is C16H15BrClNO2. The normalized spacial score (nSPS) is 12.0. The fourth-order valence-corrected chi connectivity index (χ4v) is 2.88. The Labute approximate surface area is 137 Å². The molecule has 3 nitrogen and oxygen atoms in total. The average molecular weight is 369 g/mol. The van der Waals surface area contributed by atoms with Crippen LogP contribution < -0.4 is 4.90 Å². The first-order valence-corrected chi connectivity index (χ1v) is 7.58. The summed E-state index contributed by atoms with van der Waals surface area (Å²) in [6, 6.07) is 12.9. The highest BCUT2D eigenvalue weighted by atomic mass is 79.9. The first kappa shape index (κ1) is 15.9. The van der Waals surface area contributed by atoms with Crippen molar-refractivity contribution in [3.8, 4) is 0 Å². The van der Waals surface area contributed by atoms with Crippen molar-refractivity contribution in [3.05, 3.63) is 63.1 Å². The largest absolute Gasteiger partial charge is 0.478 e. The molecule has 0 aromatic heterocycles. The van der Waals surface area contributed by atoms with Gasteiger partial charge in [0.2, 0.25) is 0 Å². The number of carboxylic acids is 1. The zero-order chi connectivity index (χ0) is 15.6. The molecule has 0 aliphatic rings. The second-order valence-electron chi connectivity index (χ2n) is 4.81. The van der Waals surface area contributed by atoms with Crippen molar-refractivity contribution in [1.82, 2.24) is 0 Å². The molecule has 2 rings (SSSR count). The minimum absolute atomic E-state index is 0.134. The van der Waals surface area contributed by atoms with Crippen LogP contribution in [0.25, 0.3) is 0 Å². The maximum Gasteiger partial charge on any atom is 0.335 e. The Hall–Kier alpha value is -1.52. The number of hydrogen-bond acceptors (Lipinski definition) is 2. The van der Waals surface area contributed by atoms with Gasteiger partial charge in [0.1, 0.15) is 0 Å². The van der Waals surface area contributed by atoms with Gasteiger partial charge in [0, 0.05) is 16.5 Å². The first-order valence-electron chi connectivity index (χ1n) is 6.41. The van der Waals surface area contributed by atoms with E-state index in [9.17, 15) is 4.79 Å². The highest BCUT2D eigenvalue weighted by Crippen LogP contribution is 2.32. The summed E-state index contributed by atoms with van der Waals surface area (Å²) in [5, 5.41) is 9.71. The Kier molecular flexibility index (Phi) is 4.91. The van der Waals surface area contributed by atoms with Gasteiger partial charge in [-0.2, -0.15) is 0 Å². The van der Waals surface area contributed by atoms with Crippen LogP contribution in [-0.2, 0) is 0 Å². The number of aromatic carboxylic acids is 1. The van der Waals surface area contributed by atoms with Crippen LogP contribution in [0.5, 0.6) is 0 Å². The molecule has 1 N–H and O–H groups in total. The number of hydrogen-bond donors (Lipinski definition) is 1. The van der Waals surface area contributed by atoms with Gasteiger partial charge in [-0.25, -0.2) is 4.79 Å². The summed E-state index contributed by atoms with van der Waals surface area (Å²) in [6.07, 6.45) is 0. The maximum absolute atomic E-state index is 11.0. The molecule has 0 amide bonds. The van der Waals surface area contributed by atoms with Gasteiger partial charge in [-0.15, -0.1) is 0 Å². The third kappa shape index (κ3) is 3.57. The molecule has 1 unspecified atom stereocenters. The lowest BCUT2D eigenvalue weighted by Crippen LogP contribution is -2.22. The molecular weight excluding hydrogens is 354 g/mol. The summed E-state index contributed by atoms with van der Waals surface area (Å²) in [7, 11) is 1.97. The lowest BCUT2D eigenvalue weighted by Gasteiger charge is -2.28. The number of halogens is 2. The SMILES string of the molecule is CC(c1ccc(Cl)cc1)N(C)c1ccc(C(=O)O)cc1Br. The van der Waals surface area contributed by atoms with E-state index in [1.165, 1.54) is 0 Å². The lowest BCUT2D eigenvalue weighted by molar-refractivity contribution is 0.0697. The van der Waals surface area contributed by atoms with E-state index in [-0.39, 0.29) is 11.6 Å². The summed E-state index contributed by atoms with van der Waals surface area (Å²) < 4.78 is 0.755. The maximum atomic E-state index is 11.0. The van der Waals surface area contributed by atoms with Crippen LogP contribution in [0.3, 0.4) is 0 Å². The van der Waals surface area contributed by atoms with Crippen LogP contribution in [-0.4, -0.2) is 18.1 Å². The highest BCUT2D eigenvalue weighted by molar-refractivity contribution is 9.10. The monoisotopic (exact) mass is 367 g/mol. The average Bonchev–Trinajstić information content (AvgIpc) is 2.46. The van der Waals surface area contributed by atoms with Crippen molar-refractivity contribution in [1.29, 1.82) is 0 Å². The molecule has 0 saturated heterocycles. The Morgan fingerprint density at radius 1 is 1.24 bits per heavy atom. The van der Waals surface area contributed by atoms with Gasteiger partial charge in [-0.05, 0) is 58.7 Å². The molecule has 0 spiro atoms. The van der Waals surface area contributed by atoms with Crippen molar-refractivity contribution in [3.63, 3.8) is 0 Å². The molecule has 2 aromatic rings. The first-order chi connectivity index (χ1) is 9.90. The Morgan fingerprint density at radius 3 is 2.38 bits per heavy atom. The zero-order valence-electron chi connectivity index (χ0n) is 11.7. The molecule has 5 heteroatoms. The summed E-state index contributed by atoms with van der Waals surface area (Å²) in [5.41, 5.74) is 2.33. The zero-order valence-corrected chi connectivity index (χ0v) is 14.0. The van der Waals surface area contributed by atoms with E-state index in [0.717, 1.165) is 15.7 Å². The van der Waals surface area contributed by atoms with Gasteiger partial charge in [-0.3, -0.25) is 0 Å². The predicted octanol–water partition coefficient (Wildman–Crippen LogP) is 5.00. The number of rotatable bonds is 4. The van der Waals surface area contributed by atoms with E-state index in [0.29, 0.717) is 5.02 Å². The number of nitrogens with zero attached hydrogens (tertiary/aromatic N) is 1. The predicted molar refractivity (Wildman–Crippen MR) is 89.4 cm³/mol. The molecule has 0 aliphatic heterocycles. The highest BCUT2D eigenvalue weighted by Gasteiger charge is 2.16. The van der Waals surface area contributed by atoms with Crippen LogP contribution in [0.15, 0.2) is 46.9 Å². The third-order valence-electron chi connectivity index (χ3n) is 3.51. The molecule has 2 aromatic carbocycles. The van der Waals surface area contributed by atoms with Crippen molar-refractivity contribution in [2.24, 2.45) is 0 Å². The van der Waals surface area contributed by atoms with Gasteiger partial charge < -0.3 is 10.0 Å². The minimum atomic E-state index is -0.935. The number of carbonyl (C=O) groups is 1. The van der Waals surface area contributed by atoms with E-state index < -0.39 is 5.97 Å². The van der Waals surface area contributed by atoms with E-state index in [4.69, 9.17) is 16.7 Å². The summed E-state index contributed by atoms with van der Waals surface area (Å²) in [5.74, 6) is -0.935. The van der Waals surface area contributed by atoms with Crippen LogP contribution in [0, 0.1) is 0 Å². The fraction of sp³-hybridized carbons (Fsp3) is 0.188. The fourth-order valence-electron chi connectivity index (χ4n) is 2.10. The van der Waals surface area contributed by atoms with Crippen LogP contribution in [0.2, 0.25) is 5.02 Å². The van der Waals surface area contributed by atoms with E-state index >= 15 is 0 Å². The Morgan fingerprint density at radius 2 is 1.86 bits per heavy atom. The van der Waals surface area contributed by atoms with E-state index in [1.807, 2.05) is 31.3 Å². The third-order valence-corrected chi connectivity index (χ3v) is 4.40.